The molecular formula is C13H15N5O2. The Labute approximate surface area is 115 Å². The third-order valence-corrected chi connectivity index (χ3v) is 3.05. The van der Waals surface area contributed by atoms with Gasteiger partial charge >= 0.3 is 12.0 Å². The number of benzene rings is 1. The highest BCUT2D eigenvalue weighted by atomic mass is 16.4. The van der Waals surface area contributed by atoms with Gasteiger partial charge in [0, 0.05) is 5.69 Å². The molecule has 1 unspecified atom stereocenters. The summed E-state index contributed by atoms with van der Waals surface area (Å²) in [5, 5.41) is 16.2. The third-order valence-electron chi connectivity index (χ3n) is 3.05. The summed E-state index contributed by atoms with van der Waals surface area (Å²) in [6, 6.07) is 8.92. The van der Waals surface area contributed by atoms with Crippen LogP contribution in [0.4, 0.5) is 16.5 Å². The number of carbonyl (C=O) groups excluding carboxylic acids is 1. The molecule has 7 heteroatoms. The van der Waals surface area contributed by atoms with Crippen molar-refractivity contribution >= 4 is 17.7 Å². The number of nitrogens with zero attached hydrogens (tertiary/aromatic N) is 2. The van der Waals surface area contributed by atoms with Gasteiger partial charge in [0.1, 0.15) is 0 Å². The Morgan fingerprint density at radius 3 is 2.85 bits per heavy atom. The highest BCUT2D eigenvalue weighted by Crippen LogP contribution is 2.22. The van der Waals surface area contributed by atoms with Gasteiger partial charge in [0.2, 0.25) is 5.89 Å². The fraction of sp³-hybridized carbons (Fsp3) is 0.308. The number of anilines is 2. The zero-order valence-electron chi connectivity index (χ0n) is 10.8. The lowest BCUT2D eigenvalue weighted by atomic mass is 10.2. The van der Waals surface area contributed by atoms with E-state index in [1.165, 1.54) is 0 Å². The molecule has 0 saturated carbocycles. The maximum Gasteiger partial charge on any atom is 0.327 e. The van der Waals surface area contributed by atoms with Crippen LogP contribution in [0.2, 0.25) is 0 Å². The minimum absolute atomic E-state index is 0.0928. The summed E-state index contributed by atoms with van der Waals surface area (Å²) >= 11 is 0. The van der Waals surface area contributed by atoms with Crippen LogP contribution in [0.25, 0.3) is 0 Å². The van der Waals surface area contributed by atoms with Crippen LogP contribution in [0.1, 0.15) is 24.8 Å². The van der Waals surface area contributed by atoms with Crippen LogP contribution >= 0.6 is 0 Å². The maximum atomic E-state index is 11.7. The average molecular weight is 273 g/mol. The van der Waals surface area contributed by atoms with E-state index in [0.717, 1.165) is 19.4 Å². The topological polar surface area (TPSA) is 92.1 Å². The van der Waals surface area contributed by atoms with Gasteiger partial charge in [-0.15, -0.1) is 5.10 Å². The largest absolute Gasteiger partial charge is 0.406 e. The Balaban J connectivity index is 1.59. The van der Waals surface area contributed by atoms with Crippen LogP contribution in [0.5, 0.6) is 0 Å². The molecule has 1 atom stereocenters. The van der Waals surface area contributed by atoms with Gasteiger partial charge in [-0.1, -0.05) is 23.3 Å². The van der Waals surface area contributed by atoms with Crippen LogP contribution in [-0.4, -0.2) is 22.8 Å². The van der Waals surface area contributed by atoms with Crippen LogP contribution in [0.15, 0.2) is 34.7 Å². The second kappa shape index (κ2) is 5.70. The molecule has 0 bridgehead atoms. The molecule has 1 aromatic heterocycles. The number of hydrogen-bond donors (Lipinski definition) is 3. The summed E-state index contributed by atoms with van der Waals surface area (Å²) in [5.41, 5.74) is 0.696. The van der Waals surface area contributed by atoms with E-state index in [1.807, 2.05) is 18.2 Å². The Hall–Kier alpha value is -2.41. The average Bonchev–Trinajstić information content (AvgIpc) is 3.10. The Kier molecular flexibility index (Phi) is 3.60. The van der Waals surface area contributed by atoms with Crippen molar-refractivity contribution in [2.75, 3.05) is 17.2 Å². The molecule has 2 aromatic rings. The fourth-order valence-corrected chi connectivity index (χ4v) is 2.10. The van der Waals surface area contributed by atoms with Gasteiger partial charge in [-0.25, -0.2) is 4.79 Å². The summed E-state index contributed by atoms with van der Waals surface area (Å²) in [4.78, 5) is 11.7. The zero-order chi connectivity index (χ0) is 13.8. The number of urea groups is 1. The van der Waals surface area contributed by atoms with Crippen LogP contribution in [-0.2, 0) is 0 Å². The van der Waals surface area contributed by atoms with Crippen molar-refractivity contribution in [3.8, 4) is 0 Å². The van der Waals surface area contributed by atoms with Crippen molar-refractivity contribution in [1.29, 1.82) is 0 Å². The van der Waals surface area contributed by atoms with Gasteiger partial charge in [0.25, 0.3) is 0 Å². The summed E-state index contributed by atoms with van der Waals surface area (Å²) in [6.07, 6.45) is 2.06. The van der Waals surface area contributed by atoms with E-state index >= 15 is 0 Å². The van der Waals surface area contributed by atoms with E-state index in [2.05, 4.69) is 26.1 Å². The van der Waals surface area contributed by atoms with Crippen molar-refractivity contribution in [1.82, 2.24) is 15.5 Å². The molecule has 7 nitrogen and oxygen atoms in total. The summed E-state index contributed by atoms with van der Waals surface area (Å²) in [6.45, 7) is 0.949. The van der Waals surface area contributed by atoms with E-state index in [1.54, 1.807) is 12.1 Å². The standard InChI is InChI=1S/C13H15N5O2/c19-12(15-9-5-2-1-3-6-9)16-13-18-17-11(20-13)10-7-4-8-14-10/h1-3,5-6,10,14H,4,7-8H2,(H2,15,16,18,19). The van der Waals surface area contributed by atoms with E-state index in [-0.39, 0.29) is 12.1 Å². The molecule has 1 aliphatic heterocycles. The molecule has 1 aliphatic rings. The smallest absolute Gasteiger partial charge is 0.327 e. The first kappa shape index (κ1) is 12.6. The number of amides is 2. The van der Waals surface area contributed by atoms with Crippen molar-refractivity contribution in [3.63, 3.8) is 0 Å². The number of hydrogen-bond acceptors (Lipinski definition) is 5. The first-order chi connectivity index (χ1) is 9.81. The molecule has 2 heterocycles. The van der Waals surface area contributed by atoms with Crippen molar-refractivity contribution < 1.29 is 9.21 Å². The first-order valence-electron chi connectivity index (χ1n) is 6.51. The van der Waals surface area contributed by atoms with Gasteiger partial charge in [-0.05, 0) is 31.5 Å². The van der Waals surface area contributed by atoms with Crippen LogP contribution in [0.3, 0.4) is 0 Å². The van der Waals surface area contributed by atoms with E-state index in [9.17, 15) is 4.79 Å². The highest BCUT2D eigenvalue weighted by Gasteiger charge is 2.22. The predicted molar refractivity (Wildman–Crippen MR) is 73.4 cm³/mol. The molecule has 3 N–H and O–H groups in total. The minimum atomic E-state index is -0.411. The Morgan fingerprint density at radius 2 is 2.10 bits per heavy atom. The number of rotatable bonds is 3. The first-order valence-corrected chi connectivity index (χ1v) is 6.51. The second-order valence-corrected chi connectivity index (χ2v) is 4.54. The molecular weight excluding hydrogens is 258 g/mol. The number of para-hydroxylation sites is 1. The normalized spacial score (nSPS) is 17.9. The molecule has 0 aliphatic carbocycles. The summed E-state index contributed by atoms with van der Waals surface area (Å²) in [7, 11) is 0. The number of carbonyl (C=O) groups is 1. The molecule has 0 spiro atoms. The monoisotopic (exact) mass is 273 g/mol. The fourth-order valence-electron chi connectivity index (χ4n) is 2.10. The van der Waals surface area contributed by atoms with Crippen molar-refractivity contribution in [3.05, 3.63) is 36.2 Å². The summed E-state index contributed by atoms with van der Waals surface area (Å²) < 4.78 is 5.42. The quantitative estimate of drug-likeness (QED) is 0.796. The van der Waals surface area contributed by atoms with Gasteiger partial charge in [-0.2, -0.15) is 0 Å². The molecule has 3 rings (SSSR count). The molecule has 1 saturated heterocycles. The summed E-state index contributed by atoms with van der Waals surface area (Å²) in [5.74, 6) is 0.512. The Morgan fingerprint density at radius 1 is 1.25 bits per heavy atom. The lowest BCUT2D eigenvalue weighted by Crippen LogP contribution is -2.19. The molecule has 1 aromatic carbocycles. The Bertz CT molecular complexity index is 577. The SMILES string of the molecule is O=C(Nc1ccccc1)Nc1nnc(C2CCCN2)o1. The molecule has 104 valence electrons. The lowest BCUT2D eigenvalue weighted by Gasteiger charge is -2.04. The number of aromatic nitrogens is 2. The van der Waals surface area contributed by atoms with E-state index in [4.69, 9.17) is 4.42 Å². The van der Waals surface area contributed by atoms with E-state index < -0.39 is 6.03 Å². The van der Waals surface area contributed by atoms with E-state index in [0.29, 0.717) is 11.6 Å². The molecule has 20 heavy (non-hydrogen) atoms. The lowest BCUT2D eigenvalue weighted by molar-refractivity contribution is 0.261. The predicted octanol–water partition coefficient (Wildman–Crippen LogP) is 2.14. The van der Waals surface area contributed by atoms with Crippen molar-refractivity contribution in [2.24, 2.45) is 0 Å². The molecule has 2 amide bonds. The van der Waals surface area contributed by atoms with Crippen LogP contribution < -0.4 is 16.0 Å². The van der Waals surface area contributed by atoms with Gasteiger partial charge in [0.05, 0.1) is 6.04 Å². The third kappa shape index (κ3) is 2.94. The number of nitrogens with one attached hydrogen (secondary N) is 3. The maximum absolute atomic E-state index is 11.7. The van der Waals surface area contributed by atoms with Crippen LogP contribution in [0, 0.1) is 0 Å². The highest BCUT2D eigenvalue weighted by molar-refractivity contribution is 5.98. The van der Waals surface area contributed by atoms with Gasteiger partial charge in [0.15, 0.2) is 0 Å². The van der Waals surface area contributed by atoms with Gasteiger partial charge in [-0.3, -0.25) is 5.32 Å². The molecule has 0 radical (unpaired) electrons. The minimum Gasteiger partial charge on any atom is -0.406 e. The molecule has 1 fully saturated rings. The second-order valence-electron chi connectivity index (χ2n) is 4.54. The van der Waals surface area contributed by atoms with Gasteiger partial charge < -0.3 is 15.1 Å². The van der Waals surface area contributed by atoms with Crippen molar-refractivity contribution in [2.45, 2.75) is 18.9 Å². The zero-order valence-corrected chi connectivity index (χ0v) is 10.8.